The highest BCUT2D eigenvalue weighted by molar-refractivity contribution is 7.98. The maximum absolute atomic E-state index is 12.3. The Morgan fingerprint density at radius 1 is 1.15 bits per heavy atom. The molecule has 1 saturated heterocycles. The average Bonchev–Trinajstić information content (AvgIpc) is 3.44. The van der Waals surface area contributed by atoms with E-state index in [4.69, 9.17) is 4.98 Å². The third-order valence-electron chi connectivity index (χ3n) is 5.55. The topological polar surface area (TPSA) is 67.2 Å². The highest BCUT2D eigenvalue weighted by Crippen LogP contribution is 2.39. The van der Waals surface area contributed by atoms with Gasteiger partial charge in [-0.15, -0.1) is 0 Å². The van der Waals surface area contributed by atoms with Crippen molar-refractivity contribution in [2.24, 2.45) is 0 Å². The van der Waals surface area contributed by atoms with Crippen molar-refractivity contribution in [1.82, 2.24) is 24.0 Å². The van der Waals surface area contributed by atoms with Gasteiger partial charge in [0.05, 0.1) is 12.2 Å². The molecule has 0 N–H and O–H groups in total. The summed E-state index contributed by atoms with van der Waals surface area (Å²) in [5, 5.41) is 5.69. The highest BCUT2D eigenvalue weighted by Gasteiger charge is 2.29. The van der Waals surface area contributed by atoms with Gasteiger partial charge in [-0.2, -0.15) is 21.2 Å². The first-order valence-electron chi connectivity index (χ1n) is 9.75. The first kappa shape index (κ1) is 17.6. The van der Waals surface area contributed by atoms with Crippen molar-refractivity contribution in [3.05, 3.63) is 33.5 Å². The van der Waals surface area contributed by atoms with Crippen LogP contribution in [0.15, 0.2) is 10.9 Å². The Balaban J connectivity index is 1.16. The monoisotopic (exact) mass is 404 g/mol. The van der Waals surface area contributed by atoms with E-state index in [9.17, 15) is 4.79 Å². The van der Waals surface area contributed by atoms with Crippen LogP contribution in [-0.2, 0) is 18.7 Å². The van der Waals surface area contributed by atoms with E-state index in [0.717, 1.165) is 72.9 Å². The lowest BCUT2D eigenvalue weighted by Gasteiger charge is -2.34. The third-order valence-corrected chi connectivity index (χ3v) is 7.35. The lowest BCUT2D eigenvalue weighted by molar-refractivity contribution is 0.242. The average molecular weight is 405 g/mol. The van der Waals surface area contributed by atoms with E-state index >= 15 is 0 Å². The number of thioether (sulfide) groups is 1. The molecule has 4 heterocycles. The van der Waals surface area contributed by atoms with Crippen molar-refractivity contribution in [2.75, 3.05) is 43.4 Å². The van der Waals surface area contributed by atoms with Gasteiger partial charge < -0.3 is 4.90 Å². The van der Waals surface area contributed by atoms with Gasteiger partial charge >= 0.3 is 0 Å². The Kier molecular flexibility index (Phi) is 4.91. The lowest BCUT2D eigenvalue weighted by atomic mass is 10.2. The molecular weight excluding hydrogens is 380 g/mol. The van der Waals surface area contributed by atoms with Crippen molar-refractivity contribution < 1.29 is 0 Å². The van der Waals surface area contributed by atoms with Gasteiger partial charge in [0.2, 0.25) is 5.13 Å². The molecule has 1 aliphatic carbocycles. The molecule has 0 aromatic carbocycles. The maximum atomic E-state index is 12.3. The summed E-state index contributed by atoms with van der Waals surface area (Å²) in [6.45, 7) is 5.48. The fraction of sp³-hybridized carbons (Fsp3) is 0.667. The van der Waals surface area contributed by atoms with E-state index in [1.807, 2.05) is 11.8 Å². The molecule has 2 aliphatic heterocycles. The SMILES string of the molecule is O=c1cc2c(nn1CCN1CCN(c3nc(C4CC4)ns3)CC1)CCSC2. The Bertz CT molecular complexity index is 869. The molecule has 0 radical (unpaired) electrons. The highest BCUT2D eigenvalue weighted by atomic mass is 32.2. The smallest absolute Gasteiger partial charge is 0.267 e. The largest absolute Gasteiger partial charge is 0.344 e. The molecule has 0 unspecified atom stereocenters. The number of aromatic nitrogens is 4. The van der Waals surface area contributed by atoms with Crippen LogP contribution >= 0.6 is 23.3 Å². The second kappa shape index (κ2) is 7.52. The second-order valence-electron chi connectivity index (χ2n) is 7.52. The van der Waals surface area contributed by atoms with Gasteiger partial charge in [-0.3, -0.25) is 9.69 Å². The molecule has 0 atom stereocenters. The number of fused-ring (bicyclic) bond motifs is 1. The van der Waals surface area contributed by atoms with Gasteiger partial charge in [0.1, 0.15) is 5.82 Å². The molecule has 2 aromatic rings. The molecule has 9 heteroatoms. The molecule has 5 rings (SSSR count). The van der Waals surface area contributed by atoms with Crippen LogP contribution in [-0.4, -0.2) is 62.5 Å². The van der Waals surface area contributed by atoms with Gasteiger partial charge in [-0.1, -0.05) is 0 Å². The normalized spacial score (nSPS) is 20.7. The van der Waals surface area contributed by atoms with Crippen LogP contribution in [0.2, 0.25) is 0 Å². The summed E-state index contributed by atoms with van der Waals surface area (Å²) in [6, 6.07) is 1.79. The zero-order valence-corrected chi connectivity index (χ0v) is 17.0. The van der Waals surface area contributed by atoms with Gasteiger partial charge in [0, 0.05) is 68.4 Å². The zero-order chi connectivity index (χ0) is 18.2. The predicted octanol–water partition coefficient (Wildman–Crippen LogP) is 1.58. The van der Waals surface area contributed by atoms with Crippen LogP contribution in [0.25, 0.3) is 0 Å². The molecule has 3 aliphatic rings. The summed E-state index contributed by atoms with van der Waals surface area (Å²) in [6.07, 6.45) is 3.47. The Labute approximate surface area is 166 Å². The number of hydrogen-bond acceptors (Lipinski definition) is 8. The summed E-state index contributed by atoms with van der Waals surface area (Å²) in [5.74, 6) is 3.70. The standard InChI is InChI=1S/C18H24N6OS2/c25-16-11-14-12-26-10-3-15(14)20-24(16)9-6-22-4-7-23(8-5-22)18-19-17(21-27-18)13-1-2-13/h11,13H,1-10,12H2. The van der Waals surface area contributed by atoms with Crippen molar-refractivity contribution >= 4 is 28.4 Å². The fourth-order valence-corrected chi connectivity index (χ4v) is 5.42. The molecule has 0 bridgehead atoms. The van der Waals surface area contributed by atoms with E-state index < -0.39 is 0 Å². The second-order valence-corrected chi connectivity index (χ2v) is 9.35. The number of anilines is 1. The van der Waals surface area contributed by atoms with Crippen LogP contribution in [0.4, 0.5) is 5.13 Å². The van der Waals surface area contributed by atoms with Crippen LogP contribution in [0, 0.1) is 0 Å². The number of aryl methyl sites for hydroxylation is 1. The number of piperazine rings is 1. The summed E-state index contributed by atoms with van der Waals surface area (Å²) in [5.41, 5.74) is 2.28. The predicted molar refractivity (Wildman–Crippen MR) is 109 cm³/mol. The molecule has 144 valence electrons. The van der Waals surface area contributed by atoms with Gasteiger partial charge in [-0.05, 0) is 24.2 Å². The molecule has 7 nitrogen and oxygen atoms in total. The number of nitrogens with zero attached hydrogens (tertiary/aromatic N) is 6. The Morgan fingerprint density at radius 2 is 2.00 bits per heavy atom. The summed E-state index contributed by atoms with van der Waals surface area (Å²) >= 11 is 3.42. The summed E-state index contributed by atoms with van der Waals surface area (Å²) in [7, 11) is 0. The third kappa shape index (κ3) is 3.90. The van der Waals surface area contributed by atoms with Gasteiger partial charge in [0.15, 0.2) is 0 Å². The molecule has 1 saturated carbocycles. The molecule has 0 amide bonds. The number of hydrogen-bond donors (Lipinski definition) is 0. The first-order chi connectivity index (χ1) is 13.3. The first-order valence-corrected chi connectivity index (χ1v) is 11.7. The van der Waals surface area contributed by atoms with Crippen LogP contribution in [0.5, 0.6) is 0 Å². The lowest BCUT2D eigenvalue weighted by Crippen LogP contribution is -2.47. The van der Waals surface area contributed by atoms with Crippen molar-refractivity contribution in [2.45, 2.75) is 37.5 Å². The van der Waals surface area contributed by atoms with Crippen molar-refractivity contribution in [3.8, 4) is 0 Å². The van der Waals surface area contributed by atoms with E-state index in [1.165, 1.54) is 24.4 Å². The van der Waals surface area contributed by atoms with Crippen molar-refractivity contribution in [1.29, 1.82) is 0 Å². The fourth-order valence-electron chi connectivity index (χ4n) is 3.67. The quantitative estimate of drug-likeness (QED) is 0.750. The van der Waals surface area contributed by atoms with Crippen LogP contribution in [0.3, 0.4) is 0 Å². The van der Waals surface area contributed by atoms with E-state index in [2.05, 4.69) is 19.3 Å². The maximum Gasteiger partial charge on any atom is 0.267 e. The van der Waals surface area contributed by atoms with E-state index in [0.29, 0.717) is 12.5 Å². The molecule has 2 aromatic heterocycles. The molecule has 27 heavy (non-hydrogen) atoms. The van der Waals surface area contributed by atoms with E-state index in [-0.39, 0.29) is 5.56 Å². The van der Waals surface area contributed by atoms with Gasteiger partial charge in [0.25, 0.3) is 5.56 Å². The minimum Gasteiger partial charge on any atom is -0.344 e. The zero-order valence-electron chi connectivity index (χ0n) is 15.3. The Morgan fingerprint density at radius 3 is 2.81 bits per heavy atom. The minimum absolute atomic E-state index is 0.0383. The van der Waals surface area contributed by atoms with Gasteiger partial charge in [-0.25, -0.2) is 9.67 Å². The van der Waals surface area contributed by atoms with E-state index in [1.54, 1.807) is 10.7 Å². The molecular formula is C18H24N6OS2. The number of rotatable bonds is 5. The minimum atomic E-state index is 0.0383. The molecule has 2 fully saturated rings. The van der Waals surface area contributed by atoms with Crippen molar-refractivity contribution in [3.63, 3.8) is 0 Å². The van der Waals surface area contributed by atoms with Crippen LogP contribution in [0.1, 0.15) is 35.8 Å². The summed E-state index contributed by atoms with van der Waals surface area (Å²) < 4.78 is 6.18. The van der Waals surface area contributed by atoms with Crippen LogP contribution < -0.4 is 10.5 Å². The molecule has 0 spiro atoms. The summed E-state index contributed by atoms with van der Waals surface area (Å²) in [4.78, 5) is 21.8. The Hall–Kier alpha value is -1.45.